The molecule has 110 valence electrons. The number of amides is 1. The predicted octanol–water partition coefficient (Wildman–Crippen LogP) is -0.338. The molecule has 1 aliphatic heterocycles. The van der Waals surface area contributed by atoms with Crippen molar-refractivity contribution in [1.29, 1.82) is 0 Å². The van der Waals surface area contributed by atoms with E-state index in [1.165, 1.54) is 6.07 Å². The predicted molar refractivity (Wildman–Crippen MR) is 73.4 cm³/mol. The number of benzene rings is 1. The molecule has 0 saturated carbocycles. The van der Waals surface area contributed by atoms with E-state index in [1.807, 2.05) is 0 Å². The second kappa shape index (κ2) is 5.39. The molecule has 0 spiro atoms. The maximum atomic E-state index is 12.2. The van der Waals surface area contributed by atoms with Gasteiger partial charge in [-0.25, -0.2) is 5.14 Å². The van der Waals surface area contributed by atoms with Crippen molar-refractivity contribution in [2.45, 2.75) is 6.92 Å². The Morgan fingerprint density at radius 2 is 1.85 bits per heavy atom. The number of phenols is 1. The lowest BCUT2D eigenvalue weighted by atomic mass is 10.1. The molecule has 0 atom stereocenters. The van der Waals surface area contributed by atoms with Crippen molar-refractivity contribution in [2.24, 2.45) is 5.14 Å². The van der Waals surface area contributed by atoms with E-state index in [4.69, 9.17) is 5.14 Å². The summed E-state index contributed by atoms with van der Waals surface area (Å²) in [6.07, 6.45) is 0. The summed E-state index contributed by atoms with van der Waals surface area (Å²) in [6.45, 7) is 2.67. The van der Waals surface area contributed by atoms with Gasteiger partial charge < -0.3 is 10.0 Å². The highest BCUT2D eigenvalue weighted by Gasteiger charge is 2.27. The standard InChI is InChI=1S/C12H17N3O4S/c1-9-2-3-10(8-11(9)16)12(17)14-4-6-15(7-5-14)20(13,18)19/h2-3,8,16H,4-7H2,1H3,(H2,13,18,19). The van der Waals surface area contributed by atoms with Gasteiger partial charge in [0.2, 0.25) is 0 Å². The minimum absolute atomic E-state index is 0.0685. The number of carbonyl (C=O) groups is 1. The maximum absolute atomic E-state index is 12.2. The lowest BCUT2D eigenvalue weighted by Crippen LogP contribution is -2.52. The molecule has 0 aromatic heterocycles. The number of hydrogen-bond donors (Lipinski definition) is 2. The molecule has 20 heavy (non-hydrogen) atoms. The van der Waals surface area contributed by atoms with Gasteiger partial charge in [0.15, 0.2) is 0 Å². The van der Waals surface area contributed by atoms with Crippen LogP contribution in [-0.2, 0) is 10.2 Å². The van der Waals surface area contributed by atoms with Gasteiger partial charge in [0.1, 0.15) is 5.75 Å². The smallest absolute Gasteiger partial charge is 0.277 e. The molecule has 1 amide bonds. The van der Waals surface area contributed by atoms with Crippen LogP contribution in [0.1, 0.15) is 15.9 Å². The first-order valence-electron chi connectivity index (χ1n) is 6.16. The molecule has 0 aliphatic carbocycles. The number of aromatic hydroxyl groups is 1. The van der Waals surface area contributed by atoms with Crippen LogP contribution >= 0.6 is 0 Å². The molecule has 1 aromatic rings. The number of phenolic OH excluding ortho intramolecular Hbond substituents is 1. The van der Waals surface area contributed by atoms with E-state index in [-0.39, 0.29) is 37.8 Å². The van der Waals surface area contributed by atoms with Gasteiger partial charge in [-0.15, -0.1) is 0 Å². The van der Waals surface area contributed by atoms with Gasteiger partial charge in [-0.3, -0.25) is 4.79 Å². The van der Waals surface area contributed by atoms with E-state index in [1.54, 1.807) is 24.0 Å². The van der Waals surface area contributed by atoms with Crippen molar-refractivity contribution in [2.75, 3.05) is 26.2 Å². The minimum atomic E-state index is -3.70. The lowest BCUT2D eigenvalue weighted by Gasteiger charge is -2.33. The highest BCUT2D eigenvalue weighted by Crippen LogP contribution is 2.19. The summed E-state index contributed by atoms with van der Waals surface area (Å²) >= 11 is 0. The second-order valence-corrected chi connectivity index (χ2v) is 6.28. The molecule has 0 bridgehead atoms. The summed E-state index contributed by atoms with van der Waals surface area (Å²) < 4.78 is 23.5. The molecule has 1 aliphatic rings. The van der Waals surface area contributed by atoms with Crippen molar-refractivity contribution >= 4 is 16.1 Å². The average Bonchev–Trinajstić information content (AvgIpc) is 2.40. The summed E-state index contributed by atoms with van der Waals surface area (Å²) in [6, 6.07) is 4.73. The van der Waals surface area contributed by atoms with Gasteiger partial charge in [0, 0.05) is 31.7 Å². The first-order valence-corrected chi connectivity index (χ1v) is 7.66. The quantitative estimate of drug-likeness (QED) is 0.779. The van der Waals surface area contributed by atoms with E-state index < -0.39 is 10.2 Å². The number of carbonyl (C=O) groups excluding carboxylic acids is 1. The highest BCUT2D eigenvalue weighted by molar-refractivity contribution is 7.86. The molecule has 8 heteroatoms. The number of nitrogens with zero attached hydrogens (tertiary/aromatic N) is 2. The molecular formula is C12H17N3O4S. The third-order valence-electron chi connectivity index (χ3n) is 3.34. The number of aryl methyl sites for hydroxylation is 1. The van der Waals surface area contributed by atoms with Crippen LogP contribution in [-0.4, -0.2) is 54.8 Å². The molecule has 1 fully saturated rings. The average molecular weight is 299 g/mol. The Morgan fingerprint density at radius 1 is 1.25 bits per heavy atom. The fourth-order valence-corrected chi connectivity index (χ4v) is 2.74. The molecule has 3 N–H and O–H groups in total. The first-order chi connectivity index (χ1) is 9.29. The van der Waals surface area contributed by atoms with Crippen LogP contribution < -0.4 is 5.14 Å². The lowest BCUT2D eigenvalue weighted by molar-refractivity contribution is 0.0697. The Labute approximate surface area is 117 Å². The normalized spacial score (nSPS) is 17.2. The third-order valence-corrected chi connectivity index (χ3v) is 4.43. The van der Waals surface area contributed by atoms with Gasteiger partial charge >= 0.3 is 0 Å². The minimum Gasteiger partial charge on any atom is -0.508 e. The van der Waals surface area contributed by atoms with Crippen molar-refractivity contribution in [1.82, 2.24) is 9.21 Å². The zero-order chi connectivity index (χ0) is 14.9. The fraction of sp³-hybridized carbons (Fsp3) is 0.417. The van der Waals surface area contributed by atoms with Crippen LogP contribution in [0.25, 0.3) is 0 Å². The van der Waals surface area contributed by atoms with Crippen LogP contribution in [0, 0.1) is 6.92 Å². The van der Waals surface area contributed by atoms with E-state index in [9.17, 15) is 18.3 Å². The summed E-state index contributed by atoms with van der Waals surface area (Å²) in [5, 5.41) is 14.7. The van der Waals surface area contributed by atoms with E-state index >= 15 is 0 Å². The summed E-state index contributed by atoms with van der Waals surface area (Å²) in [4.78, 5) is 13.8. The van der Waals surface area contributed by atoms with E-state index in [0.29, 0.717) is 11.1 Å². The number of nitrogens with two attached hydrogens (primary N) is 1. The Morgan fingerprint density at radius 3 is 2.35 bits per heavy atom. The Bertz CT molecular complexity index is 622. The van der Waals surface area contributed by atoms with Crippen LogP contribution in [0.5, 0.6) is 5.75 Å². The molecule has 7 nitrogen and oxygen atoms in total. The van der Waals surface area contributed by atoms with Gasteiger partial charge in [-0.1, -0.05) is 6.07 Å². The van der Waals surface area contributed by atoms with Crippen LogP contribution in [0.4, 0.5) is 0 Å². The summed E-state index contributed by atoms with van der Waals surface area (Å²) in [5.74, 6) is -0.159. The molecule has 2 rings (SSSR count). The van der Waals surface area contributed by atoms with Crippen molar-refractivity contribution in [3.8, 4) is 5.75 Å². The van der Waals surface area contributed by atoms with Gasteiger partial charge in [-0.05, 0) is 24.6 Å². The fourth-order valence-electron chi connectivity index (χ4n) is 2.07. The van der Waals surface area contributed by atoms with Gasteiger partial charge in [0.25, 0.3) is 16.1 Å². The summed E-state index contributed by atoms with van der Waals surface area (Å²) in [7, 11) is -3.70. The SMILES string of the molecule is Cc1ccc(C(=O)N2CCN(S(N)(=O)=O)CC2)cc1O. The van der Waals surface area contributed by atoms with Crippen LogP contribution in [0.15, 0.2) is 18.2 Å². The number of piperazine rings is 1. The molecule has 1 saturated heterocycles. The Kier molecular flexibility index (Phi) is 3.98. The maximum Gasteiger partial charge on any atom is 0.277 e. The zero-order valence-electron chi connectivity index (χ0n) is 11.1. The summed E-state index contributed by atoms with van der Waals surface area (Å²) in [5.41, 5.74) is 1.08. The third kappa shape index (κ3) is 3.09. The van der Waals surface area contributed by atoms with Crippen molar-refractivity contribution < 1.29 is 18.3 Å². The number of rotatable bonds is 2. The number of hydrogen-bond acceptors (Lipinski definition) is 4. The Balaban J connectivity index is 2.07. The van der Waals surface area contributed by atoms with Gasteiger partial charge in [-0.2, -0.15) is 12.7 Å². The first kappa shape index (κ1) is 14.8. The van der Waals surface area contributed by atoms with Crippen LogP contribution in [0.2, 0.25) is 0 Å². The topological polar surface area (TPSA) is 104 Å². The largest absolute Gasteiger partial charge is 0.508 e. The monoisotopic (exact) mass is 299 g/mol. The molecular weight excluding hydrogens is 282 g/mol. The molecule has 1 heterocycles. The van der Waals surface area contributed by atoms with Gasteiger partial charge in [0.05, 0.1) is 0 Å². The Hall–Kier alpha value is -1.64. The molecule has 0 unspecified atom stereocenters. The van der Waals surface area contributed by atoms with E-state index in [0.717, 1.165) is 4.31 Å². The van der Waals surface area contributed by atoms with Crippen molar-refractivity contribution in [3.63, 3.8) is 0 Å². The zero-order valence-corrected chi connectivity index (χ0v) is 11.9. The molecule has 1 aromatic carbocycles. The van der Waals surface area contributed by atoms with E-state index in [2.05, 4.69) is 0 Å². The second-order valence-electron chi connectivity index (χ2n) is 4.74. The molecule has 0 radical (unpaired) electrons. The van der Waals surface area contributed by atoms with Crippen LogP contribution in [0.3, 0.4) is 0 Å². The van der Waals surface area contributed by atoms with Crippen molar-refractivity contribution in [3.05, 3.63) is 29.3 Å². The highest BCUT2D eigenvalue weighted by atomic mass is 32.2.